The number of benzene rings is 1. The van der Waals surface area contributed by atoms with Gasteiger partial charge in [0.05, 0.1) is 5.75 Å². The zero-order chi connectivity index (χ0) is 16.7. The molecule has 0 radical (unpaired) electrons. The van der Waals surface area contributed by atoms with Gasteiger partial charge in [-0.25, -0.2) is 13.1 Å². The minimum Gasteiger partial charge on any atom is -0.299 e. The average molecular weight is 340 g/mol. The molecule has 2 rings (SSSR count). The number of nitrogens with zero attached hydrogens (tertiary/aromatic N) is 2. The third kappa shape index (κ3) is 6.22. The summed E-state index contributed by atoms with van der Waals surface area (Å²) < 4.78 is 25.4. The summed E-state index contributed by atoms with van der Waals surface area (Å²) >= 11 is 0. The molecule has 0 bridgehead atoms. The van der Waals surface area contributed by atoms with Crippen LogP contribution in [-0.2, 0) is 16.6 Å². The summed E-state index contributed by atoms with van der Waals surface area (Å²) in [6.07, 6.45) is 1.82. The van der Waals surface area contributed by atoms with Crippen molar-refractivity contribution in [3.63, 3.8) is 0 Å². The Balaban J connectivity index is 1.82. The lowest BCUT2D eigenvalue weighted by Crippen LogP contribution is -2.40. The normalized spacial score (nSPS) is 21.2. The molecule has 1 unspecified atom stereocenters. The summed E-state index contributed by atoms with van der Waals surface area (Å²) in [6.45, 7) is 7.27. The van der Waals surface area contributed by atoms with Crippen molar-refractivity contribution < 1.29 is 8.42 Å². The first kappa shape index (κ1) is 18.4. The van der Waals surface area contributed by atoms with Crippen molar-refractivity contribution >= 4 is 10.0 Å². The predicted octanol–water partition coefficient (Wildman–Crippen LogP) is 1.52. The first-order valence-corrected chi connectivity index (χ1v) is 10.1. The van der Waals surface area contributed by atoms with E-state index >= 15 is 0 Å². The first-order chi connectivity index (χ1) is 11.0. The monoisotopic (exact) mass is 339 g/mol. The quantitative estimate of drug-likeness (QED) is 0.818. The SMILES string of the molecule is CNS(=O)(=O)CCCN1CCCN(Cc2ccccc2)CC1C. The van der Waals surface area contributed by atoms with Gasteiger partial charge in [-0.1, -0.05) is 30.3 Å². The van der Waals surface area contributed by atoms with Gasteiger partial charge in [0.2, 0.25) is 10.0 Å². The fourth-order valence-corrected chi connectivity index (χ4v) is 3.89. The molecule has 5 nitrogen and oxygen atoms in total. The highest BCUT2D eigenvalue weighted by Gasteiger charge is 2.21. The molecule has 0 spiro atoms. The molecule has 23 heavy (non-hydrogen) atoms. The average Bonchev–Trinajstić information content (AvgIpc) is 2.70. The highest BCUT2D eigenvalue weighted by Crippen LogP contribution is 2.13. The van der Waals surface area contributed by atoms with Gasteiger partial charge in [-0.15, -0.1) is 0 Å². The number of rotatable bonds is 7. The summed E-state index contributed by atoms with van der Waals surface area (Å²) in [4.78, 5) is 4.93. The van der Waals surface area contributed by atoms with Crippen LogP contribution in [0.2, 0.25) is 0 Å². The standard InChI is InChI=1S/C17H29N3O2S/c1-16-14-19(15-17-8-4-3-5-9-17)10-6-11-20(16)12-7-13-23(21,22)18-2/h3-5,8-9,16,18H,6-7,10-15H2,1-2H3. The van der Waals surface area contributed by atoms with Crippen LogP contribution in [0, 0.1) is 0 Å². The van der Waals surface area contributed by atoms with Crippen molar-refractivity contribution in [2.24, 2.45) is 0 Å². The second kappa shape index (κ2) is 8.78. The Kier molecular flexibility index (Phi) is 7.02. The molecule has 6 heteroatoms. The summed E-state index contributed by atoms with van der Waals surface area (Å²) in [6, 6.07) is 11.0. The third-order valence-electron chi connectivity index (χ3n) is 4.48. The fraction of sp³-hybridized carbons (Fsp3) is 0.647. The molecule has 1 aromatic carbocycles. The summed E-state index contributed by atoms with van der Waals surface area (Å²) in [5.41, 5.74) is 1.35. The minimum atomic E-state index is -3.09. The van der Waals surface area contributed by atoms with Crippen LogP contribution in [0.4, 0.5) is 0 Å². The Labute approximate surface area is 140 Å². The topological polar surface area (TPSA) is 52.7 Å². The number of hydrogen-bond acceptors (Lipinski definition) is 4. The Morgan fingerprint density at radius 3 is 2.65 bits per heavy atom. The largest absolute Gasteiger partial charge is 0.299 e. The van der Waals surface area contributed by atoms with Crippen molar-refractivity contribution in [1.29, 1.82) is 0 Å². The molecule has 1 aliphatic rings. The third-order valence-corrected chi connectivity index (χ3v) is 5.93. The highest BCUT2D eigenvalue weighted by molar-refractivity contribution is 7.89. The van der Waals surface area contributed by atoms with Crippen molar-refractivity contribution in [2.45, 2.75) is 32.4 Å². The van der Waals surface area contributed by atoms with Gasteiger partial charge in [0.15, 0.2) is 0 Å². The van der Waals surface area contributed by atoms with E-state index in [1.807, 2.05) is 0 Å². The van der Waals surface area contributed by atoms with Crippen molar-refractivity contribution in [3.05, 3.63) is 35.9 Å². The number of sulfonamides is 1. The van der Waals surface area contributed by atoms with Gasteiger partial charge in [0.25, 0.3) is 0 Å². The molecule has 0 aromatic heterocycles. The molecule has 1 aliphatic heterocycles. The molecular formula is C17H29N3O2S. The lowest BCUT2D eigenvalue weighted by molar-refractivity contribution is 0.188. The molecular weight excluding hydrogens is 310 g/mol. The Hall–Kier alpha value is -0.950. The molecule has 130 valence electrons. The molecule has 0 saturated carbocycles. The van der Waals surface area contributed by atoms with E-state index in [1.54, 1.807) is 0 Å². The van der Waals surface area contributed by atoms with Gasteiger partial charge in [-0.2, -0.15) is 0 Å². The summed E-state index contributed by atoms with van der Waals surface area (Å²) in [7, 11) is -1.61. The molecule has 1 N–H and O–H groups in total. The maximum Gasteiger partial charge on any atom is 0.211 e. The van der Waals surface area contributed by atoms with Crippen LogP contribution in [0.25, 0.3) is 0 Å². The zero-order valence-corrected chi connectivity index (χ0v) is 15.1. The highest BCUT2D eigenvalue weighted by atomic mass is 32.2. The van der Waals surface area contributed by atoms with Crippen LogP contribution in [0.3, 0.4) is 0 Å². The van der Waals surface area contributed by atoms with E-state index in [4.69, 9.17) is 0 Å². The van der Waals surface area contributed by atoms with Gasteiger partial charge in [0, 0.05) is 19.1 Å². The van der Waals surface area contributed by atoms with Gasteiger partial charge >= 0.3 is 0 Å². The van der Waals surface area contributed by atoms with Crippen LogP contribution in [0.15, 0.2) is 30.3 Å². The van der Waals surface area contributed by atoms with E-state index in [-0.39, 0.29) is 5.75 Å². The predicted molar refractivity (Wildman–Crippen MR) is 94.8 cm³/mol. The maximum absolute atomic E-state index is 11.5. The van der Waals surface area contributed by atoms with Crippen molar-refractivity contribution in [2.75, 3.05) is 39.0 Å². The molecule has 1 aromatic rings. The lowest BCUT2D eigenvalue weighted by atomic mass is 10.2. The van der Waals surface area contributed by atoms with Gasteiger partial charge in [0.1, 0.15) is 0 Å². The van der Waals surface area contributed by atoms with E-state index in [2.05, 4.69) is 51.8 Å². The second-order valence-electron chi connectivity index (χ2n) is 6.34. The Morgan fingerprint density at radius 2 is 1.96 bits per heavy atom. The van der Waals surface area contributed by atoms with Crippen LogP contribution in [0.5, 0.6) is 0 Å². The van der Waals surface area contributed by atoms with Crippen molar-refractivity contribution in [3.8, 4) is 0 Å². The second-order valence-corrected chi connectivity index (χ2v) is 8.38. The van der Waals surface area contributed by atoms with E-state index in [0.29, 0.717) is 12.5 Å². The summed E-state index contributed by atoms with van der Waals surface area (Å²) in [5, 5.41) is 0. The van der Waals surface area contributed by atoms with E-state index in [9.17, 15) is 8.42 Å². The van der Waals surface area contributed by atoms with Crippen LogP contribution in [-0.4, -0.2) is 63.2 Å². The lowest BCUT2D eigenvalue weighted by Gasteiger charge is -2.29. The molecule has 1 atom stereocenters. The number of nitrogens with one attached hydrogen (secondary N) is 1. The van der Waals surface area contributed by atoms with Gasteiger partial charge < -0.3 is 0 Å². The van der Waals surface area contributed by atoms with Crippen LogP contribution >= 0.6 is 0 Å². The zero-order valence-electron chi connectivity index (χ0n) is 14.2. The van der Waals surface area contributed by atoms with Gasteiger partial charge in [-0.05, 0) is 52.0 Å². The molecule has 1 saturated heterocycles. The summed E-state index contributed by atoms with van der Waals surface area (Å²) in [5.74, 6) is 0.209. The molecule has 0 amide bonds. The van der Waals surface area contributed by atoms with Gasteiger partial charge in [-0.3, -0.25) is 9.80 Å². The fourth-order valence-electron chi connectivity index (χ4n) is 3.18. The smallest absolute Gasteiger partial charge is 0.211 e. The van der Waals surface area contributed by atoms with E-state index in [0.717, 1.165) is 39.1 Å². The number of hydrogen-bond donors (Lipinski definition) is 1. The van der Waals surface area contributed by atoms with E-state index < -0.39 is 10.0 Å². The van der Waals surface area contributed by atoms with Crippen molar-refractivity contribution in [1.82, 2.24) is 14.5 Å². The van der Waals surface area contributed by atoms with Crippen LogP contribution in [0.1, 0.15) is 25.3 Å². The molecule has 1 fully saturated rings. The molecule has 0 aliphatic carbocycles. The molecule has 1 heterocycles. The minimum absolute atomic E-state index is 0.209. The Morgan fingerprint density at radius 1 is 1.22 bits per heavy atom. The Bertz CT molecular complexity index is 562. The van der Waals surface area contributed by atoms with E-state index in [1.165, 1.54) is 12.6 Å². The first-order valence-electron chi connectivity index (χ1n) is 8.42. The van der Waals surface area contributed by atoms with Crippen LogP contribution < -0.4 is 4.72 Å². The maximum atomic E-state index is 11.5.